The van der Waals surface area contributed by atoms with Crippen LogP contribution in [0.3, 0.4) is 0 Å². The molecule has 0 aromatic carbocycles. The molecule has 1 aliphatic rings. The molecule has 1 heterocycles. The van der Waals surface area contributed by atoms with Gasteiger partial charge in [-0.25, -0.2) is 0 Å². The van der Waals surface area contributed by atoms with Crippen LogP contribution >= 0.6 is 0 Å². The molecule has 0 radical (unpaired) electrons. The molecule has 92 heavy (non-hydrogen) atoms. The highest BCUT2D eigenvalue weighted by atomic mass is 28.4. The van der Waals surface area contributed by atoms with Crippen molar-refractivity contribution in [3.63, 3.8) is 0 Å². The quantitative estimate of drug-likeness (QED) is 0.0250. The van der Waals surface area contributed by atoms with Crippen molar-refractivity contribution in [1.29, 1.82) is 0 Å². The van der Waals surface area contributed by atoms with Gasteiger partial charge in [0.2, 0.25) is 0 Å². The van der Waals surface area contributed by atoms with E-state index in [9.17, 15) is 14.4 Å². The molecule has 1 saturated heterocycles. The van der Waals surface area contributed by atoms with E-state index < -0.39 is 14.6 Å². The maximum atomic E-state index is 12.7. The minimum absolute atomic E-state index is 0.0346. The fourth-order valence-corrected chi connectivity index (χ4v) is 20.0. The molecule has 11 nitrogen and oxygen atoms in total. The molecule has 1 rings (SSSR count). The summed E-state index contributed by atoms with van der Waals surface area (Å²) < 4.78 is 51.9. The fraction of sp³-hybridized carbons (Fsp3) is 0.963. The van der Waals surface area contributed by atoms with Gasteiger partial charge in [-0.3, -0.25) is 14.4 Å². The highest BCUT2D eigenvalue weighted by Gasteiger charge is 2.50. The third-order valence-electron chi connectivity index (χ3n) is 20.4. The molecule has 0 amide bonds. The van der Waals surface area contributed by atoms with E-state index in [1.807, 2.05) is 0 Å². The largest absolute Gasteiger partial charge is 0.466 e. The first kappa shape index (κ1) is 88.4. The first-order valence-corrected chi connectivity index (χ1v) is 42.5. The van der Waals surface area contributed by atoms with Crippen LogP contribution in [0.4, 0.5) is 0 Å². The molecule has 0 saturated carbocycles. The molecule has 0 aliphatic carbocycles. The highest BCUT2D eigenvalue weighted by molar-refractivity contribution is 6.77. The van der Waals surface area contributed by atoms with Gasteiger partial charge in [0.1, 0.15) is 18.3 Å². The molecule has 4 atom stereocenters. The van der Waals surface area contributed by atoms with E-state index in [-0.39, 0.29) is 36.2 Å². The minimum Gasteiger partial charge on any atom is -0.466 e. The summed E-state index contributed by atoms with van der Waals surface area (Å²) in [5, 5.41) is 0. The third kappa shape index (κ3) is 45.1. The van der Waals surface area contributed by atoms with Crippen molar-refractivity contribution >= 4 is 26.2 Å². The maximum absolute atomic E-state index is 12.7. The number of unbranched alkanes of at least 4 members (excludes halogenated alkanes) is 27. The van der Waals surface area contributed by atoms with Gasteiger partial charge < -0.3 is 37.6 Å². The van der Waals surface area contributed by atoms with Crippen LogP contribution in [-0.4, -0.2) is 97.1 Å². The number of rotatable bonds is 69. The summed E-state index contributed by atoms with van der Waals surface area (Å²) in [6.45, 7) is 31.6. The zero-order valence-corrected chi connectivity index (χ0v) is 64.2. The number of hydrogen-bond donors (Lipinski definition) is 0. The number of carbonyl (C=O) groups is 3. The van der Waals surface area contributed by atoms with Crippen LogP contribution in [-0.2, 0) is 52.0 Å². The monoisotopic (exact) mass is 1320 g/mol. The molecule has 0 unspecified atom stereocenters. The topological polar surface area (TPSA) is 125 Å². The lowest BCUT2D eigenvalue weighted by atomic mass is 9.92. The van der Waals surface area contributed by atoms with E-state index in [4.69, 9.17) is 37.6 Å². The lowest BCUT2D eigenvalue weighted by Crippen LogP contribution is -2.50. The summed E-state index contributed by atoms with van der Waals surface area (Å²) in [5.41, 5.74) is 1.33. The Morgan fingerprint density at radius 1 is 0.315 bits per heavy atom. The predicted molar refractivity (Wildman–Crippen MR) is 390 cm³/mol. The maximum Gasteiger partial charge on any atom is 0.305 e. The van der Waals surface area contributed by atoms with E-state index >= 15 is 0 Å². The summed E-state index contributed by atoms with van der Waals surface area (Å²) in [6, 6.07) is 0. The Morgan fingerprint density at radius 2 is 0.587 bits per heavy atom. The molecular weight excluding hydrogens is 1160 g/mol. The molecule has 1 aliphatic heterocycles. The standard InChI is InChI=1S/C80H156O11Si/c1-13-19-37-49-71(50-38-20-14-2)58-64-84-75(81)55-43-31-25-28-34-46-61-87-78-74(67-90-92(68(7)8,69(9)10)70(11)12)91-80(89-63-48-36-30-27-33-45-57-77(83)86-66-60-73(53-41-23-17-5)54-42-24-18-6)79(78)88-62-47-35-29-26-32-44-56-76(82)85-65-59-72(51-39-21-15-3)52-40-22-16-4/h68-74,78-80H,13-67H2,1-12H3/t74-,78-,79-,80-/m1/s1. The number of carbonyl (C=O) groups excluding carboxylic acids is 3. The Kier molecular flexibility index (Phi) is 59.3. The fourth-order valence-electron chi connectivity index (χ4n) is 14.6. The highest BCUT2D eigenvalue weighted by Crippen LogP contribution is 2.43. The molecule has 12 heteroatoms. The average molecular weight is 1320 g/mol. The van der Waals surface area contributed by atoms with Gasteiger partial charge in [0.15, 0.2) is 14.6 Å². The zero-order valence-electron chi connectivity index (χ0n) is 63.2. The van der Waals surface area contributed by atoms with Gasteiger partial charge in [-0.1, -0.05) is 314 Å². The summed E-state index contributed by atoms with van der Waals surface area (Å²) >= 11 is 0. The SMILES string of the molecule is CCCCCC(CCCCC)CCOC(=O)CCCCCCCCO[C@@H]1O[C@H](CO[Si](C(C)C)(C(C)C)C(C)C)[C@@H](OCCCCCCCCC(=O)OCCC(CCCCC)CCCCC)[C@H]1OCCCCCCCCC(=O)OCCC(CCCCC)CCCCC. The third-order valence-corrected chi connectivity index (χ3v) is 26.4. The molecule has 0 N–H and O–H groups in total. The number of hydrogen-bond acceptors (Lipinski definition) is 11. The van der Waals surface area contributed by atoms with Crippen LogP contribution in [0.15, 0.2) is 0 Å². The van der Waals surface area contributed by atoms with Gasteiger partial charge in [0, 0.05) is 39.1 Å². The van der Waals surface area contributed by atoms with Gasteiger partial charge in [0.05, 0.1) is 26.4 Å². The van der Waals surface area contributed by atoms with Crippen LogP contribution in [0.25, 0.3) is 0 Å². The smallest absolute Gasteiger partial charge is 0.305 e. The van der Waals surface area contributed by atoms with Crippen LogP contribution in [0.5, 0.6) is 0 Å². The second kappa shape index (κ2) is 61.7. The van der Waals surface area contributed by atoms with E-state index in [0.29, 0.717) is 99.9 Å². The Hall–Kier alpha value is -1.57. The first-order chi connectivity index (χ1) is 44.7. The van der Waals surface area contributed by atoms with Gasteiger partial charge in [0.25, 0.3) is 0 Å². The summed E-state index contributed by atoms with van der Waals surface area (Å²) in [7, 11) is -2.21. The zero-order chi connectivity index (χ0) is 67.6. The van der Waals surface area contributed by atoms with Gasteiger partial charge in [-0.2, -0.15) is 0 Å². The molecule has 1 fully saturated rings. The van der Waals surface area contributed by atoms with E-state index in [2.05, 4.69) is 83.1 Å². The Morgan fingerprint density at radius 3 is 0.880 bits per heavy atom. The lowest BCUT2D eigenvalue weighted by molar-refractivity contribution is -0.181. The van der Waals surface area contributed by atoms with Gasteiger partial charge in [-0.05, 0) is 92.2 Å². The van der Waals surface area contributed by atoms with Crippen LogP contribution in [0, 0.1) is 17.8 Å². The molecule has 546 valence electrons. The summed E-state index contributed by atoms with van der Waals surface area (Å²) in [4.78, 5) is 38.1. The van der Waals surface area contributed by atoms with Crippen molar-refractivity contribution in [1.82, 2.24) is 0 Å². The summed E-state index contributed by atoms with van der Waals surface area (Å²) in [6.07, 6.45) is 51.9. The van der Waals surface area contributed by atoms with Crippen molar-refractivity contribution in [2.24, 2.45) is 17.8 Å². The van der Waals surface area contributed by atoms with Gasteiger partial charge in [-0.15, -0.1) is 0 Å². The van der Waals surface area contributed by atoms with Crippen LogP contribution in [0.1, 0.15) is 391 Å². The van der Waals surface area contributed by atoms with E-state index in [0.717, 1.165) is 135 Å². The molecule has 0 aromatic heterocycles. The lowest BCUT2D eigenvalue weighted by Gasteiger charge is -2.43. The minimum atomic E-state index is -2.21. The van der Waals surface area contributed by atoms with Crippen molar-refractivity contribution in [3.8, 4) is 0 Å². The van der Waals surface area contributed by atoms with Crippen molar-refractivity contribution in [2.75, 3.05) is 46.2 Å². The second-order valence-corrected chi connectivity index (χ2v) is 34.9. The van der Waals surface area contributed by atoms with E-state index in [1.54, 1.807) is 0 Å². The van der Waals surface area contributed by atoms with E-state index in [1.165, 1.54) is 154 Å². The first-order valence-electron chi connectivity index (χ1n) is 40.3. The molecule has 0 bridgehead atoms. The van der Waals surface area contributed by atoms with Crippen molar-refractivity contribution < 1.29 is 52.0 Å². The Balaban J connectivity index is 2.91. The van der Waals surface area contributed by atoms with Crippen molar-refractivity contribution in [2.45, 2.75) is 433 Å². The van der Waals surface area contributed by atoms with Gasteiger partial charge >= 0.3 is 17.9 Å². The predicted octanol–water partition coefficient (Wildman–Crippen LogP) is 24.0. The second-order valence-electron chi connectivity index (χ2n) is 29.4. The molecular formula is C80H156O11Si. The Labute approximate surface area is 571 Å². The normalized spacial score (nSPS) is 16.2. The molecule has 0 spiro atoms. The van der Waals surface area contributed by atoms with Crippen LogP contribution in [0.2, 0.25) is 16.6 Å². The molecule has 0 aromatic rings. The number of ether oxygens (including phenoxy) is 7. The van der Waals surface area contributed by atoms with Crippen molar-refractivity contribution in [3.05, 3.63) is 0 Å². The number of esters is 3. The Bertz CT molecular complexity index is 1590. The average Bonchev–Trinajstić information content (AvgIpc) is 1.46. The van der Waals surface area contributed by atoms with Crippen LogP contribution < -0.4 is 0 Å². The summed E-state index contributed by atoms with van der Waals surface area (Å²) in [5.74, 6) is 1.93.